The molecular formula is C14H16N2O5S. The second-order valence-corrected chi connectivity index (χ2v) is 5.94. The third kappa shape index (κ3) is 3.01. The van der Waals surface area contributed by atoms with E-state index in [9.17, 15) is 14.4 Å². The number of ether oxygens (including phenoxy) is 2. The van der Waals surface area contributed by atoms with E-state index < -0.39 is 11.9 Å². The highest BCUT2D eigenvalue weighted by Gasteiger charge is 2.20. The van der Waals surface area contributed by atoms with Crippen molar-refractivity contribution < 1.29 is 19.1 Å². The summed E-state index contributed by atoms with van der Waals surface area (Å²) in [5.74, 6) is -1.02. The summed E-state index contributed by atoms with van der Waals surface area (Å²) in [6.07, 6.45) is 1.03. The molecule has 0 bridgehead atoms. The van der Waals surface area contributed by atoms with Crippen LogP contribution in [0, 0.1) is 6.92 Å². The number of esters is 2. The van der Waals surface area contributed by atoms with Gasteiger partial charge < -0.3 is 9.47 Å². The van der Waals surface area contributed by atoms with Gasteiger partial charge in [-0.1, -0.05) is 0 Å². The summed E-state index contributed by atoms with van der Waals surface area (Å²) in [6, 6.07) is 0. The van der Waals surface area contributed by atoms with Crippen molar-refractivity contribution in [3.05, 3.63) is 27.1 Å². The van der Waals surface area contributed by atoms with Gasteiger partial charge in [-0.05, 0) is 26.3 Å². The predicted octanol–water partition coefficient (Wildman–Crippen LogP) is 1.50. The lowest BCUT2D eigenvalue weighted by Crippen LogP contribution is -2.26. The van der Waals surface area contributed by atoms with Crippen molar-refractivity contribution in [3.8, 4) is 0 Å². The summed E-state index contributed by atoms with van der Waals surface area (Å²) >= 11 is 1.09. The Bertz CT molecular complexity index is 790. The minimum Gasteiger partial charge on any atom is -0.465 e. The molecule has 22 heavy (non-hydrogen) atoms. The van der Waals surface area contributed by atoms with E-state index in [0.717, 1.165) is 11.3 Å². The number of aryl methyl sites for hydroxylation is 1. The molecule has 2 heterocycles. The Labute approximate surface area is 130 Å². The molecule has 0 saturated carbocycles. The van der Waals surface area contributed by atoms with Crippen LogP contribution in [0.1, 0.15) is 29.1 Å². The predicted molar refractivity (Wildman–Crippen MR) is 81.2 cm³/mol. The highest BCUT2D eigenvalue weighted by atomic mass is 32.1. The Morgan fingerprint density at radius 1 is 1.41 bits per heavy atom. The summed E-state index contributed by atoms with van der Waals surface area (Å²) in [5.41, 5.74) is 0.130. The molecule has 118 valence electrons. The lowest BCUT2D eigenvalue weighted by molar-refractivity contribution is -0.148. The SMILES string of the molecule is COC(=O)c1sc2ncn(CC(=O)OC(C)C)c(=O)c2c1C. The molecule has 2 rings (SSSR count). The summed E-state index contributed by atoms with van der Waals surface area (Å²) in [4.78, 5) is 40.7. The van der Waals surface area contributed by atoms with E-state index in [0.29, 0.717) is 20.7 Å². The van der Waals surface area contributed by atoms with Gasteiger partial charge in [-0.2, -0.15) is 0 Å². The highest BCUT2D eigenvalue weighted by Crippen LogP contribution is 2.27. The maximum absolute atomic E-state index is 12.5. The molecule has 0 aliphatic rings. The zero-order valence-electron chi connectivity index (χ0n) is 12.7. The number of methoxy groups -OCH3 is 1. The van der Waals surface area contributed by atoms with Crippen LogP contribution in [0.3, 0.4) is 0 Å². The molecule has 0 atom stereocenters. The minimum absolute atomic E-state index is 0.219. The monoisotopic (exact) mass is 324 g/mol. The second kappa shape index (κ2) is 6.27. The largest absolute Gasteiger partial charge is 0.465 e. The van der Waals surface area contributed by atoms with Gasteiger partial charge in [-0.15, -0.1) is 11.3 Å². The van der Waals surface area contributed by atoms with Gasteiger partial charge in [-0.3, -0.25) is 14.2 Å². The maximum atomic E-state index is 12.5. The van der Waals surface area contributed by atoms with Crippen LogP contribution in [0.4, 0.5) is 0 Å². The van der Waals surface area contributed by atoms with Gasteiger partial charge in [0.15, 0.2) is 0 Å². The third-order valence-electron chi connectivity index (χ3n) is 2.95. The smallest absolute Gasteiger partial charge is 0.348 e. The van der Waals surface area contributed by atoms with Crippen LogP contribution < -0.4 is 5.56 Å². The Morgan fingerprint density at radius 2 is 2.09 bits per heavy atom. The number of carbonyl (C=O) groups excluding carboxylic acids is 2. The van der Waals surface area contributed by atoms with Gasteiger partial charge >= 0.3 is 11.9 Å². The van der Waals surface area contributed by atoms with Crippen molar-refractivity contribution in [1.29, 1.82) is 0 Å². The van der Waals surface area contributed by atoms with Crippen LogP contribution in [-0.2, 0) is 20.8 Å². The molecular weight excluding hydrogens is 308 g/mol. The first-order valence-electron chi connectivity index (χ1n) is 6.61. The fourth-order valence-electron chi connectivity index (χ4n) is 2.00. The molecule has 0 unspecified atom stereocenters. The number of rotatable bonds is 4. The fourth-order valence-corrected chi connectivity index (χ4v) is 3.06. The lowest BCUT2D eigenvalue weighted by atomic mass is 10.2. The van der Waals surface area contributed by atoms with Crippen LogP contribution in [0.2, 0.25) is 0 Å². The summed E-state index contributed by atoms with van der Waals surface area (Å²) in [5, 5.41) is 0.324. The van der Waals surface area contributed by atoms with E-state index in [1.807, 2.05) is 0 Å². The lowest BCUT2D eigenvalue weighted by Gasteiger charge is -2.09. The molecule has 0 radical (unpaired) electrons. The van der Waals surface area contributed by atoms with Crippen LogP contribution in [0.25, 0.3) is 10.2 Å². The standard InChI is InChI=1S/C14H16N2O5S/c1-7(2)21-9(17)5-16-6-15-12-10(13(16)18)8(3)11(22-12)14(19)20-4/h6-7H,5H2,1-4H3. The molecule has 0 N–H and O–H groups in total. The van der Waals surface area contributed by atoms with Crippen LogP contribution >= 0.6 is 11.3 Å². The van der Waals surface area contributed by atoms with E-state index >= 15 is 0 Å². The quantitative estimate of drug-likeness (QED) is 0.792. The molecule has 0 aromatic carbocycles. The first-order chi connectivity index (χ1) is 10.3. The van der Waals surface area contributed by atoms with Crippen molar-refractivity contribution in [3.63, 3.8) is 0 Å². The van der Waals surface area contributed by atoms with Crippen LogP contribution in [0.15, 0.2) is 11.1 Å². The number of nitrogens with zero attached hydrogens (tertiary/aromatic N) is 2. The van der Waals surface area contributed by atoms with Crippen LogP contribution in [0.5, 0.6) is 0 Å². The van der Waals surface area contributed by atoms with Crippen LogP contribution in [-0.4, -0.2) is 34.7 Å². The molecule has 0 spiro atoms. The zero-order chi connectivity index (χ0) is 16.4. The molecule has 0 saturated heterocycles. The number of fused-ring (bicyclic) bond motifs is 1. The Balaban J connectivity index is 2.46. The minimum atomic E-state index is -0.515. The van der Waals surface area contributed by atoms with Gasteiger partial charge in [0.2, 0.25) is 0 Å². The highest BCUT2D eigenvalue weighted by molar-refractivity contribution is 7.20. The topological polar surface area (TPSA) is 87.5 Å². The Hall–Kier alpha value is -2.22. The summed E-state index contributed by atoms with van der Waals surface area (Å²) < 4.78 is 10.9. The van der Waals surface area contributed by atoms with E-state index in [1.165, 1.54) is 18.0 Å². The van der Waals surface area contributed by atoms with Gasteiger partial charge in [0, 0.05) is 0 Å². The first kappa shape index (κ1) is 16.2. The Morgan fingerprint density at radius 3 is 2.68 bits per heavy atom. The van der Waals surface area contributed by atoms with Gasteiger partial charge in [-0.25, -0.2) is 9.78 Å². The molecule has 8 heteroatoms. The van der Waals surface area contributed by atoms with E-state index in [-0.39, 0.29) is 18.2 Å². The van der Waals surface area contributed by atoms with Gasteiger partial charge in [0.05, 0.1) is 24.9 Å². The number of hydrogen-bond acceptors (Lipinski definition) is 7. The summed E-state index contributed by atoms with van der Waals surface area (Å²) in [6.45, 7) is 4.90. The molecule has 0 amide bonds. The Kier molecular flexibility index (Phi) is 4.60. The van der Waals surface area contributed by atoms with Crippen molar-refractivity contribution in [2.45, 2.75) is 33.4 Å². The van der Waals surface area contributed by atoms with Gasteiger partial charge in [0.1, 0.15) is 16.3 Å². The maximum Gasteiger partial charge on any atom is 0.348 e. The molecule has 0 aliphatic carbocycles. The van der Waals surface area contributed by atoms with E-state index in [1.54, 1.807) is 20.8 Å². The number of carbonyl (C=O) groups is 2. The van der Waals surface area contributed by atoms with Crippen molar-refractivity contribution in [1.82, 2.24) is 9.55 Å². The fraction of sp³-hybridized carbons (Fsp3) is 0.429. The number of thiophene rings is 1. The van der Waals surface area contributed by atoms with Crippen molar-refractivity contribution >= 4 is 33.5 Å². The second-order valence-electron chi connectivity index (χ2n) is 4.94. The van der Waals surface area contributed by atoms with Gasteiger partial charge in [0.25, 0.3) is 5.56 Å². The molecule has 0 fully saturated rings. The molecule has 2 aromatic rings. The molecule has 2 aromatic heterocycles. The first-order valence-corrected chi connectivity index (χ1v) is 7.43. The van der Waals surface area contributed by atoms with E-state index in [2.05, 4.69) is 9.72 Å². The normalized spacial score (nSPS) is 11.0. The van der Waals surface area contributed by atoms with Crippen molar-refractivity contribution in [2.24, 2.45) is 0 Å². The number of aromatic nitrogens is 2. The number of hydrogen-bond donors (Lipinski definition) is 0. The zero-order valence-corrected chi connectivity index (χ0v) is 13.5. The van der Waals surface area contributed by atoms with E-state index in [4.69, 9.17) is 4.74 Å². The molecule has 7 nitrogen and oxygen atoms in total. The summed E-state index contributed by atoms with van der Waals surface area (Å²) in [7, 11) is 1.28. The average Bonchev–Trinajstić information content (AvgIpc) is 2.78. The van der Waals surface area contributed by atoms with Crippen molar-refractivity contribution in [2.75, 3.05) is 7.11 Å². The average molecular weight is 324 g/mol. The third-order valence-corrected chi connectivity index (χ3v) is 4.13. The molecule has 0 aliphatic heterocycles.